The van der Waals surface area contributed by atoms with Crippen LogP contribution in [0.5, 0.6) is 0 Å². The molecule has 18 heavy (non-hydrogen) atoms. The number of nitrogens with zero attached hydrogens (tertiary/aromatic N) is 1. The minimum atomic E-state index is -4.26. The van der Waals surface area contributed by atoms with E-state index < -0.39 is 27.8 Å². The topological polar surface area (TPSA) is 59.1 Å². The normalized spacial score (nSPS) is 14.7. The second kappa shape index (κ2) is 5.54. The van der Waals surface area contributed by atoms with Crippen LogP contribution >= 0.6 is 11.3 Å². The number of thiazole rings is 1. The molecule has 1 atom stereocenters. The number of rotatable bonds is 5. The first-order valence-corrected chi connectivity index (χ1v) is 7.83. The predicted octanol–water partition coefficient (Wildman–Crippen LogP) is 1.90. The van der Waals surface area contributed by atoms with Crippen LogP contribution in [-0.2, 0) is 16.4 Å². The molecule has 4 nitrogen and oxygen atoms in total. The molecule has 1 heterocycles. The van der Waals surface area contributed by atoms with Gasteiger partial charge in [-0.25, -0.2) is 13.4 Å². The Balaban J connectivity index is 2.59. The number of alkyl halides is 3. The number of halogens is 3. The molecule has 0 aliphatic carbocycles. The van der Waals surface area contributed by atoms with Gasteiger partial charge < -0.3 is 5.32 Å². The van der Waals surface area contributed by atoms with Crippen LogP contribution in [0.2, 0.25) is 0 Å². The van der Waals surface area contributed by atoms with Crippen molar-refractivity contribution in [1.82, 2.24) is 10.3 Å². The highest BCUT2D eigenvalue weighted by Crippen LogP contribution is 2.24. The van der Waals surface area contributed by atoms with Crippen LogP contribution in [0, 0.1) is 0 Å². The van der Waals surface area contributed by atoms with E-state index in [1.165, 1.54) is 6.92 Å². The molecule has 0 aliphatic heterocycles. The lowest BCUT2D eigenvalue weighted by Gasteiger charge is -2.06. The lowest BCUT2D eigenvalue weighted by molar-refractivity contribution is -0.125. The molecule has 0 aromatic carbocycles. The van der Waals surface area contributed by atoms with Gasteiger partial charge in [0.1, 0.15) is 10.3 Å². The highest BCUT2D eigenvalue weighted by atomic mass is 32.2. The standard InChI is InChI=1S/C9H13F3N2O2S2/c1-6(18(2,15)16)8-14-7(4-17-8)3-13-5-9(10,11)12/h4,6,13H,3,5H2,1-2H3. The summed E-state index contributed by atoms with van der Waals surface area (Å²) in [6.45, 7) is 0.370. The Morgan fingerprint density at radius 3 is 2.61 bits per heavy atom. The van der Waals surface area contributed by atoms with Crippen molar-refractivity contribution in [2.45, 2.75) is 24.9 Å². The van der Waals surface area contributed by atoms with E-state index in [4.69, 9.17) is 0 Å². The molecular formula is C9H13F3N2O2S2. The lowest BCUT2D eigenvalue weighted by Crippen LogP contribution is -2.28. The highest BCUT2D eigenvalue weighted by Gasteiger charge is 2.26. The van der Waals surface area contributed by atoms with Crippen molar-refractivity contribution in [1.29, 1.82) is 0 Å². The first-order valence-electron chi connectivity index (χ1n) is 5.00. The fourth-order valence-corrected chi connectivity index (χ4v) is 2.97. The summed E-state index contributed by atoms with van der Waals surface area (Å²) in [6, 6.07) is 0. The summed E-state index contributed by atoms with van der Waals surface area (Å²) in [7, 11) is -3.24. The van der Waals surface area contributed by atoms with Gasteiger partial charge in [-0.2, -0.15) is 13.2 Å². The number of aromatic nitrogens is 1. The highest BCUT2D eigenvalue weighted by molar-refractivity contribution is 7.91. The van der Waals surface area contributed by atoms with Gasteiger partial charge in [0, 0.05) is 18.2 Å². The van der Waals surface area contributed by atoms with Crippen LogP contribution in [0.15, 0.2) is 5.38 Å². The zero-order valence-corrected chi connectivity index (χ0v) is 11.4. The molecule has 1 aromatic heterocycles. The molecule has 104 valence electrons. The van der Waals surface area contributed by atoms with Crippen LogP contribution in [0.25, 0.3) is 0 Å². The molecule has 0 saturated carbocycles. The Labute approximate surface area is 107 Å². The van der Waals surface area contributed by atoms with Gasteiger partial charge in [0.15, 0.2) is 9.84 Å². The first-order chi connectivity index (χ1) is 8.09. The maximum atomic E-state index is 11.9. The molecule has 0 aliphatic rings. The largest absolute Gasteiger partial charge is 0.401 e. The lowest BCUT2D eigenvalue weighted by atomic mass is 10.4. The van der Waals surface area contributed by atoms with Crippen molar-refractivity contribution in [2.24, 2.45) is 0 Å². The minimum absolute atomic E-state index is 0.0352. The van der Waals surface area contributed by atoms with E-state index in [0.29, 0.717) is 10.7 Å². The summed E-state index contributed by atoms with van der Waals surface area (Å²) in [5, 5.41) is 3.41. The smallest absolute Gasteiger partial charge is 0.303 e. The zero-order chi connectivity index (χ0) is 14.0. The van der Waals surface area contributed by atoms with Crippen molar-refractivity contribution in [3.05, 3.63) is 16.1 Å². The molecule has 9 heteroatoms. The third-order valence-corrected chi connectivity index (χ3v) is 4.92. The number of sulfone groups is 1. The molecule has 1 aromatic rings. The Morgan fingerprint density at radius 2 is 2.11 bits per heavy atom. The average molecular weight is 302 g/mol. The SMILES string of the molecule is CC(c1nc(CNCC(F)(F)F)cs1)S(C)(=O)=O. The molecular weight excluding hydrogens is 289 g/mol. The van der Waals surface area contributed by atoms with Crippen LogP contribution < -0.4 is 5.32 Å². The summed E-state index contributed by atoms with van der Waals surface area (Å²) >= 11 is 1.13. The van der Waals surface area contributed by atoms with Gasteiger partial charge in [0.25, 0.3) is 0 Å². The van der Waals surface area contributed by atoms with Gasteiger partial charge in [-0.05, 0) is 6.92 Å². The second-order valence-electron chi connectivity index (χ2n) is 3.87. The Bertz CT molecular complexity index is 496. The molecule has 0 fully saturated rings. The maximum absolute atomic E-state index is 11.9. The quantitative estimate of drug-likeness (QED) is 0.902. The fraction of sp³-hybridized carbons (Fsp3) is 0.667. The van der Waals surface area contributed by atoms with E-state index in [2.05, 4.69) is 10.3 Å². The predicted molar refractivity (Wildman–Crippen MR) is 63.1 cm³/mol. The van der Waals surface area contributed by atoms with Gasteiger partial charge in [-0.3, -0.25) is 0 Å². The Hall–Kier alpha value is -0.670. The van der Waals surface area contributed by atoms with Crippen LogP contribution in [-0.4, -0.2) is 32.4 Å². The fourth-order valence-electron chi connectivity index (χ4n) is 1.11. The molecule has 1 rings (SSSR count). The molecule has 0 radical (unpaired) electrons. The summed E-state index contributed by atoms with van der Waals surface area (Å²) < 4.78 is 58.2. The van der Waals surface area contributed by atoms with E-state index in [9.17, 15) is 21.6 Å². The molecule has 0 saturated heterocycles. The summed E-state index contributed by atoms with van der Waals surface area (Å²) in [4.78, 5) is 4.01. The van der Waals surface area contributed by atoms with Crippen LogP contribution in [0.4, 0.5) is 13.2 Å². The molecule has 0 spiro atoms. The van der Waals surface area contributed by atoms with Gasteiger partial charge in [-0.1, -0.05) is 0 Å². The summed E-state index contributed by atoms with van der Waals surface area (Å²) in [5.74, 6) is 0. The Kier molecular flexibility index (Phi) is 4.73. The zero-order valence-electron chi connectivity index (χ0n) is 9.78. The first kappa shape index (κ1) is 15.4. The monoisotopic (exact) mass is 302 g/mol. The number of hydrogen-bond donors (Lipinski definition) is 1. The molecule has 1 unspecified atom stereocenters. The number of nitrogens with one attached hydrogen (secondary N) is 1. The summed E-state index contributed by atoms with van der Waals surface area (Å²) in [6.07, 6.45) is -3.17. The average Bonchev–Trinajstić information content (AvgIpc) is 2.61. The van der Waals surface area contributed by atoms with Crippen molar-refractivity contribution in [2.75, 3.05) is 12.8 Å². The van der Waals surface area contributed by atoms with E-state index in [1.807, 2.05) is 0 Å². The maximum Gasteiger partial charge on any atom is 0.401 e. The third kappa shape index (κ3) is 4.91. The van der Waals surface area contributed by atoms with E-state index >= 15 is 0 Å². The molecule has 0 amide bonds. The van der Waals surface area contributed by atoms with Gasteiger partial charge in [-0.15, -0.1) is 11.3 Å². The van der Waals surface area contributed by atoms with E-state index in [0.717, 1.165) is 17.6 Å². The minimum Gasteiger partial charge on any atom is -0.303 e. The Morgan fingerprint density at radius 1 is 1.50 bits per heavy atom. The molecule has 0 bridgehead atoms. The van der Waals surface area contributed by atoms with Crippen molar-refractivity contribution in [3.8, 4) is 0 Å². The second-order valence-corrected chi connectivity index (χ2v) is 7.12. The van der Waals surface area contributed by atoms with Crippen molar-refractivity contribution < 1.29 is 21.6 Å². The van der Waals surface area contributed by atoms with Crippen LogP contribution in [0.3, 0.4) is 0 Å². The van der Waals surface area contributed by atoms with Gasteiger partial charge >= 0.3 is 6.18 Å². The van der Waals surface area contributed by atoms with Gasteiger partial charge in [0.2, 0.25) is 0 Å². The molecule has 1 N–H and O–H groups in total. The third-order valence-electron chi connectivity index (χ3n) is 2.19. The summed E-state index contributed by atoms with van der Waals surface area (Å²) in [5.41, 5.74) is 0.412. The van der Waals surface area contributed by atoms with Gasteiger partial charge in [0.05, 0.1) is 12.2 Å². The van der Waals surface area contributed by atoms with Crippen molar-refractivity contribution >= 4 is 21.2 Å². The van der Waals surface area contributed by atoms with E-state index in [1.54, 1.807) is 5.38 Å². The number of hydrogen-bond acceptors (Lipinski definition) is 5. The van der Waals surface area contributed by atoms with Crippen molar-refractivity contribution in [3.63, 3.8) is 0 Å². The van der Waals surface area contributed by atoms with E-state index in [-0.39, 0.29) is 6.54 Å². The van der Waals surface area contributed by atoms with Crippen LogP contribution in [0.1, 0.15) is 22.9 Å².